The number of carbonyl (C=O) groups is 2. The lowest BCUT2D eigenvalue weighted by Crippen LogP contribution is -2.59. The Morgan fingerprint density at radius 1 is 0.852 bits per heavy atom. The number of cyclic esters (lactones) is 1. The first-order chi connectivity index (χ1) is 29.3. The van der Waals surface area contributed by atoms with Crippen LogP contribution < -0.4 is 5.32 Å². The Hall–Kier alpha value is -2.66. The summed E-state index contributed by atoms with van der Waals surface area (Å²) >= 11 is 0. The number of nitrogens with one attached hydrogen (secondary N) is 1. The van der Waals surface area contributed by atoms with Crippen LogP contribution in [0.15, 0.2) is 35.9 Å². The number of phenolic OH excluding ortho intramolecular Hbond substituents is 1. The Labute approximate surface area is 362 Å². The van der Waals surface area contributed by atoms with Crippen LogP contribution in [0.25, 0.3) is 0 Å². The first-order valence-electron chi connectivity index (χ1n) is 22.8. The van der Waals surface area contributed by atoms with Crippen molar-refractivity contribution < 1.29 is 57.7 Å². The summed E-state index contributed by atoms with van der Waals surface area (Å²) in [5, 5.41) is 26.3. The highest BCUT2D eigenvalue weighted by Gasteiger charge is 2.60. The molecule has 7 rings (SSSR count). The minimum Gasteiger partial charge on any atom is -0.508 e. The maximum atomic E-state index is 15.1. The molecule has 3 aliphatic carbocycles. The molecule has 342 valence electrons. The fraction of sp³-hybridized carbons (Fsp3) is 0.787. The van der Waals surface area contributed by atoms with Crippen LogP contribution in [0.3, 0.4) is 0 Å². The average Bonchev–Trinajstić information content (AvgIpc) is 3.82. The highest BCUT2D eigenvalue weighted by atomic mass is 16.7. The van der Waals surface area contributed by atoms with Crippen LogP contribution in [0.4, 0.5) is 5.69 Å². The van der Waals surface area contributed by atoms with Gasteiger partial charge in [0.25, 0.3) is 0 Å². The predicted octanol–water partition coefficient (Wildman–Crippen LogP) is 5.48. The molecule has 61 heavy (non-hydrogen) atoms. The third-order valence-corrected chi connectivity index (χ3v) is 15.1. The zero-order valence-corrected chi connectivity index (χ0v) is 37.6. The van der Waals surface area contributed by atoms with Gasteiger partial charge in [0.05, 0.1) is 43.0 Å². The molecule has 3 heterocycles. The van der Waals surface area contributed by atoms with Crippen molar-refractivity contribution in [1.29, 1.82) is 0 Å². The van der Waals surface area contributed by atoms with E-state index in [2.05, 4.69) is 37.3 Å². The zero-order valence-electron chi connectivity index (χ0n) is 37.6. The van der Waals surface area contributed by atoms with Crippen molar-refractivity contribution in [2.75, 3.05) is 40.7 Å². The molecule has 0 spiro atoms. The summed E-state index contributed by atoms with van der Waals surface area (Å²) in [5.74, 6) is -1.99. The van der Waals surface area contributed by atoms with Crippen molar-refractivity contribution >= 4 is 17.4 Å². The Morgan fingerprint density at radius 2 is 1.56 bits per heavy atom. The number of likely N-dealkylation sites (N-methyl/N-ethyl adjacent to an activating group) is 1. The van der Waals surface area contributed by atoms with Crippen molar-refractivity contribution in [1.82, 2.24) is 4.90 Å². The zero-order chi connectivity index (χ0) is 43.7. The van der Waals surface area contributed by atoms with Crippen LogP contribution >= 0.6 is 0 Å². The van der Waals surface area contributed by atoms with E-state index in [0.717, 1.165) is 24.9 Å². The van der Waals surface area contributed by atoms with Crippen molar-refractivity contribution in [3.05, 3.63) is 35.9 Å². The topological polar surface area (TPSA) is 164 Å². The summed E-state index contributed by atoms with van der Waals surface area (Å²) in [6, 6.07) is 6.53. The number of esters is 1. The number of hydrogen-bond donors (Lipinski definition) is 3. The lowest BCUT2D eigenvalue weighted by Gasteiger charge is -2.47. The number of aliphatic hydroxyl groups excluding tert-OH is 1. The van der Waals surface area contributed by atoms with E-state index in [-0.39, 0.29) is 84.2 Å². The SMILES string of the molecule is CC[C@H]1CCC[C@H](O[C@H]2CC[C@H](N(C)C)C(C)O2)[C@@H](C)C(=O)C2=C[C@H]3[C@@H]4C[C@H](O[C@@H]5OC(C)[C@H](OC)C(OC)[C@@H]5OC)C[C@H]4[C@@H](O)[C@H](Nc4ccc(O)cc4)[C@H]3[C@@H]2CC(=O)O1. The van der Waals surface area contributed by atoms with Gasteiger partial charge in [-0.1, -0.05) is 19.9 Å². The van der Waals surface area contributed by atoms with E-state index in [0.29, 0.717) is 37.7 Å². The van der Waals surface area contributed by atoms with Crippen LogP contribution in [0.5, 0.6) is 5.75 Å². The summed E-state index contributed by atoms with van der Waals surface area (Å²) in [4.78, 5) is 31.3. The lowest BCUT2D eigenvalue weighted by atomic mass is 9.62. The summed E-state index contributed by atoms with van der Waals surface area (Å²) < 4.78 is 50.0. The molecule has 0 aromatic heterocycles. The molecule has 14 nitrogen and oxygen atoms in total. The largest absolute Gasteiger partial charge is 0.508 e. The summed E-state index contributed by atoms with van der Waals surface area (Å²) in [6.07, 6.45) is 3.09. The Morgan fingerprint density at radius 3 is 2.21 bits per heavy atom. The Bertz CT molecular complexity index is 1660. The number of phenols is 1. The minimum absolute atomic E-state index is 0.0167. The number of hydrogen-bond acceptors (Lipinski definition) is 14. The number of ketones is 1. The van der Waals surface area contributed by atoms with Gasteiger partial charge < -0.3 is 58.3 Å². The molecule has 14 heteroatoms. The number of aliphatic hydroxyl groups is 1. The molecule has 5 fully saturated rings. The van der Waals surface area contributed by atoms with E-state index < -0.39 is 54.9 Å². The smallest absolute Gasteiger partial charge is 0.306 e. The number of benzene rings is 1. The van der Waals surface area contributed by atoms with Gasteiger partial charge in [0.15, 0.2) is 18.4 Å². The number of carbonyl (C=O) groups excluding carboxylic acids is 2. The molecule has 3 unspecified atom stereocenters. The number of allylic oxidation sites excluding steroid dienone is 2. The minimum atomic E-state index is -0.851. The maximum absolute atomic E-state index is 15.1. The van der Waals surface area contributed by atoms with E-state index in [1.54, 1.807) is 45.6 Å². The number of Topliss-reactive ketones (excluding diaryl/α,β-unsaturated/α-hetero) is 1. The highest BCUT2D eigenvalue weighted by molar-refractivity contribution is 5.99. The molecular formula is C47H72N2O12. The van der Waals surface area contributed by atoms with Gasteiger partial charge in [0.1, 0.15) is 30.2 Å². The van der Waals surface area contributed by atoms with E-state index in [1.165, 1.54) is 0 Å². The van der Waals surface area contributed by atoms with Crippen LogP contribution in [0.2, 0.25) is 0 Å². The van der Waals surface area contributed by atoms with Gasteiger partial charge in [-0.3, -0.25) is 9.59 Å². The van der Waals surface area contributed by atoms with Gasteiger partial charge in [-0.15, -0.1) is 0 Å². The first-order valence-corrected chi connectivity index (χ1v) is 22.8. The number of ether oxygens (including phenoxy) is 8. The van der Waals surface area contributed by atoms with E-state index >= 15 is 4.79 Å². The number of methoxy groups -OCH3 is 3. The van der Waals surface area contributed by atoms with Crippen LogP contribution in [-0.4, -0.2) is 142 Å². The molecule has 19 atom stereocenters. The third kappa shape index (κ3) is 9.73. The Balaban J connectivity index is 1.21. The highest BCUT2D eigenvalue weighted by Crippen LogP contribution is 2.57. The van der Waals surface area contributed by atoms with Crippen molar-refractivity contribution in [2.45, 2.75) is 165 Å². The molecule has 6 aliphatic rings. The van der Waals surface area contributed by atoms with Gasteiger partial charge >= 0.3 is 5.97 Å². The van der Waals surface area contributed by atoms with Gasteiger partial charge in [-0.2, -0.15) is 0 Å². The summed E-state index contributed by atoms with van der Waals surface area (Å²) in [5.41, 5.74) is 1.33. The first kappa shape index (κ1) is 46.3. The molecular weight excluding hydrogens is 785 g/mol. The van der Waals surface area contributed by atoms with Gasteiger partial charge in [0, 0.05) is 44.9 Å². The molecule has 0 bridgehead atoms. The second-order valence-electron chi connectivity index (χ2n) is 18.8. The molecule has 3 N–H and O–H groups in total. The van der Waals surface area contributed by atoms with Gasteiger partial charge in [0.2, 0.25) is 0 Å². The number of aromatic hydroxyl groups is 1. The fourth-order valence-electron chi connectivity index (χ4n) is 12.0. The van der Waals surface area contributed by atoms with Crippen molar-refractivity contribution in [3.63, 3.8) is 0 Å². The van der Waals surface area contributed by atoms with Gasteiger partial charge in [-0.05, 0) is 133 Å². The number of fused-ring (bicyclic) bond motifs is 5. The monoisotopic (exact) mass is 857 g/mol. The number of nitrogens with zero attached hydrogens (tertiary/aromatic N) is 1. The summed E-state index contributed by atoms with van der Waals surface area (Å²) in [6.45, 7) is 8.01. The molecule has 0 radical (unpaired) electrons. The summed E-state index contributed by atoms with van der Waals surface area (Å²) in [7, 11) is 9.01. The van der Waals surface area contributed by atoms with Crippen LogP contribution in [0, 0.1) is 35.5 Å². The van der Waals surface area contributed by atoms with Crippen molar-refractivity contribution in [2.24, 2.45) is 35.5 Å². The predicted molar refractivity (Wildman–Crippen MR) is 227 cm³/mol. The van der Waals surface area contributed by atoms with Gasteiger partial charge in [-0.25, -0.2) is 0 Å². The van der Waals surface area contributed by atoms with E-state index in [9.17, 15) is 15.0 Å². The molecule has 0 amide bonds. The normalized spacial score (nSPS) is 43.3. The standard InChI is InChI=1S/C47H72N2O12/c1-10-29-12-11-13-37(61-39-19-18-36(49(5)6)25(3)57-39)24(2)42(52)35-22-32-31-20-30(60-47-46(56-9)45(55-8)44(54-7)26(4)58-47)21-34(31)43(53)41(40(32)33(35)23-38(51)59-29)48-27-14-16-28(50)17-15-27/h14-17,22,24-26,29-34,36-37,39-41,43-48,50,53H,10-13,18-21,23H2,1-9H3/t24-,25?,26?,29+,30+,31+,32+,33-,34-,36+,37+,39+,40-,41-,43-,44+,45?,46+,47+/m1/s1. The van der Waals surface area contributed by atoms with Crippen LogP contribution in [0.1, 0.15) is 85.5 Å². The second-order valence-corrected chi connectivity index (χ2v) is 18.8. The number of anilines is 1. The fourth-order valence-corrected chi connectivity index (χ4v) is 12.0. The lowest BCUT2D eigenvalue weighted by molar-refractivity contribution is -0.314. The molecule has 3 saturated heterocycles. The molecule has 1 aromatic rings. The average molecular weight is 857 g/mol. The molecule has 1 aromatic carbocycles. The van der Waals surface area contributed by atoms with Crippen molar-refractivity contribution in [3.8, 4) is 5.75 Å². The quantitative estimate of drug-likeness (QED) is 0.190. The third-order valence-electron chi connectivity index (χ3n) is 15.1. The van der Waals surface area contributed by atoms with E-state index in [1.807, 2.05) is 20.8 Å². The van der Waals surface area contributed by atoms with E-state index in [4.69, 9.17) is 37.9 Å². The Kier molecular flexibility index (Phi) is 15.2. The van der Waals surface area contributed by atoms with Crippen LogP contribution in [-0.2, 0) is 47.5 Å². The second kappa shape index (κ2) is 20.0. The maximum Gasteiger partial charge on any atom is 0.306 e. The number of rotatable bonds is 11. The molecule has 2 saturated carbocycles. The molecule has 3 aliphatic heterocycles.